The monoisotopic (exact) mass is 313 g/mol. The zero-order chi connectivity index (χ0) is 15.9. The molecule has 2 aliphatic rings. The van der Waals surface area contributed by atoms with Crippen molar-refractivity contribution in [1.29, 1.82) is 0 Å². The van der Waals surface area contributed by atoms with E-state index >= 15 is 0 Å². The molecule has 2 fully saturated rings. The van der Waals surface area contributed by atoms with E-state index in [9.17, 15) is 13.2 Å². The van der Waals surface area contributed by atoms with Crippen LogP contribution in [0.1, 0.15) is 31.2 Å². The highest BCUT2D eigenvalue weighted by molar-refractivity contribution is 5.21. The van der Waals surface area contributed by atoms with Crippen LogP contribution < -0.4 is 11.3 Å². The molecule has 0 spiro atoms. The summed E-state index contributed by atoms with van der Waals surface area (Å²) in [4.78, 5) is 2.42. The smallest absolute Gasteiger partial charge is 0.161 e. The van der Waals surface area contributed by atoms with Crippen LogP contribution in [-0.2, 0) is 6.42 Å². The Bertz CT molecular complexity index is 538. The van der Waals surface area contributed by atoms with E-state index in [1.807, 2.05) is 0 Å². The second-order valence-corrected chi connectivity index (χ2v) is 6.62. The fraction of sp³-hybridized carbons (Fsp3) is 0.625. The number of hydrazine groups is 1. The summed E-state index contributed by atoms with van der Waals surface area (Å²) < 4.78 is 40.2. The zero-order valence-corrected chi connectivity index (χ0v) is 12.7. The zero-order valence-electron chi connectivity index (χ0n) is 12.7. The summed E-state index contributed by atoms with van der Waals surface area (Å²) in [6.07, 6.45) is 4.66. The van der Waals surface area contributed by atoms with Crippen molar-refractivity contribution in [3.8, 4) is 0 Å². The van der Waals surface area contributed by atoms with Crippen molar-refractivity contribution >= 4 is 0 Å². The highest BCUT2D eigenvalue weighted by Crippen LogP contribution is 2.39. The molecule has 3 rings (SSSR count). The summed E-state index contributed by atoms with van der Waals surface area (Å²) in [7, 11) is 2.15. The molecule has 1 aromatic rings. The summed E-state index contributed by atoms with van der Waals surface area (Å²) in [5.74, 6) is 3.10. The Labute approximate surface area is 128 Å². The van der Waals surface area contributed by atoms with E-state index in [-0.39, 0.29) is 18.0 Å². The average Bonchev–Trinajstić information content (AvgIpc) is 2.71. The van der Waals surface area contributed by atoms with Crippen LogP contribution >= 0.6 is 0 Å². The van der Waals surface area contributed by atoms with Gasteiger partial charge in [0.25, 0.3) is 0 Å². The fourth-order valence-electron chi connectivity index (χ4n) is 4.10. The molecular formula is C16H22F3N3. The minimum absolute atomic E-state index is 0.129. The third-order valence-corrected chi connectivity index (χ3v) is 5.45. The van der Waals surface area contributed by atoms with E-state index < -0.39 is 17.5 Å². The number of piperidine rings is 1. The molecule has 3 unspecified atom stereocenters. The lowest BCUT2D eigenvalue weighted by atomic mass is 9.83. The molecule has 0 aliphatic carbocycles. The predicted octanol–water partition coefficient (Wildman–Crippen LogP) is 2.35. The minimum Gasteiger partial charge on any atom is -0.300 e. The third-order valence-electron chi connectivity index (χ3n) is 5.45. The van der Waals surface area contributed by atoms with Crippen LogP contribution in [0.25, 0.3) is 0 Å². The Morgan fingerprint density at radius 1 is 1.14 bits per heavy atom. The van der Waals surface area contributed by atoms with Crippen LogP contribution in [0.4, 0.5) is 13.2 Å². The lowest BCUT2D eigenvalue weighted by Crippen LogP contribution is -2.49. The Balaban J connectivity index is 1.74. The molecule has 2 bridgehead atoms. The van der Waals surface area contributed by atoms with Gasteiger partial charge in [-0.15, -0.1) is 0 Å². The Morgan fingerprint density at radius 2 is 1.73 bits per heavy atom. The van der Waals surface area contributed by atoms with Gasteiger partial charge < -0.3 is 4.90 Å². The average molecular weight is 313 g/mol. The van der Waals surface area contributed by atoms with Crippen LogP contribution in [0, 0.1) is 23.4 Å². The van der Waals surface area contributed by atoms with Gasteiger partial charge in [0.1, 0.15) is 5.82 Å². The second-order valence-electron chi connectivity index (χ2n) is 6.62. The van der Waals surface area contributed by atoms with Gasteiger partial charge >= 0.3 is 0 Å². The molecular weight excluding hydrogens is 291 g/mol. The first-order valence-corrected chi connectivity index (χ1v) is 7.81. The number of hydrogen-bond donors (Lipinski definition) is 2. The topological polar surface area (TPSA) is 41.3 Å². The van der Waals surface area contributed by atoms with E-state index in [2.05, 4.69) is 17.4 Å². The first-order valence-electron chi connectivity index (χ1n) is 7.81. The Morgan fingerprint density at radius 3 is 2.32 bits per heavy atom. The second kappa shape index (κ2) is 6.18. The third kappa shape index (κ3) is 2.87. The number of nitrogens with zero attached hydrogens (tertiary/aromatic N) is 1. The molecule has 2 heterocycles. The molecule has 0 saturated carbocycles. The van der Waals surface area contributed by atoms with Crippen LogP contribution in [0.2, 0.25) is 0 Å². The van der Waals surface area contributed by atoms with E-state index in [4.69, 9.17) is 5.84 Å². The maximum Gasteiger partial charge on any atom is 0.161 e. The molecule has 1 aromatic carbocycles. The molecule has 0 amide bonds. The van der Waals surface area contributed by atoms with Crippen molar-refractivity contribution in [3.05, 3.63) is 35.1 Å². The summed E-state index contributed by atoms with van der Waals surface area (Å²) in [6, 6.07) is 2.52. The molecule has 2 saturated heterocycles. The SMILES string of the molecule is CN1C2CCC1CC(C(Cc1cc(F)c(F)cc1F)NN)C2. The van der Waals surface area contributed by atoms with Gasteiger partial charge in [0.05, 0.1) is 0 Å². The van der Waals surface area contributed by atoms with Gasteiger partial charge in [-0.05, 0) is 56.7 Å². The van der Waals surface area contributed by atoms with Gasteiger partial charge in [-0.25, -0.2) is 13.2 Å². The maximum atomic E-state index is 13.8. The highest BCUT2D eigenvalue weighted by Gasteiger charge is 2.40. The molecule has 3 atom stereocenters. The van der Waals surface area contributed by atoms with Gasteiger partial charge in [-0.2, -0.15) is 0 Å². The van der Waals surface area contributed by atoms with Gasteiger partial charge in [0.15, 0.2) is 11.6 Å². The van der Waals surface area contributed by atoms with E-state index in [1.54, 1.807) is 0 Å². The number of nitrogens with one attached hydrogen (secondary N) is 1. The molecule has 122 valence electrons. The van der Waals surface area contributed by atoms with Gasteiger partial charge in [0, 0.05) is 24.2 Å². The summed E-state index contributed by atoms with van der Waals surface area (Å²) >= 11 is 0. The van der Waals surface area contributed by atoms with Gasteiger partial charge in [-0.3, -0.25) is 11.3 Å². The van der Waals surface area contributed by atoms with Crippen molar-refractivity contribution in [1.82, 2.24) is 10.3 Å². The number of nitrogens with two attached hydrogens (primary N) is 1. The Hall–Kier alpha value is -1.11. The van der Waals surface area contributed by atoms with Gasteiger partial charge in [0.2, 0.25) is 0 Å². The lowest BCUT2D eigenvalue weighted by Gasteiger charge is -2.39. The molecule has 3 nitrogen and oxygen atoms in total. The fourth-order valence-corrected chi connectivity index (χ4v) is 4.10. The maximum absolute atomic E-state index is 13.8. The van der Waals surface area contributed by atoms with Crippen molar-refractivity contribution in [3.63, 3.8) is 0 Å². The summed E-state index contributed by atoms with van der Waals surface area (Å²) in [5, 5.41) is 0. The van der Waals surface area contributed by atoms with Crippen LogP contribution in [-0.4, -0.2) is 30.1 Å². The van der Waals surface area contributed by atoms with Crippen molar-refractivity contribution in [2.45, 2.75) is 50.2 Å². The normalized spacial score (nSPS) is 29.8. The molecule has 3 N–H and O–H groups in total. The first-order chi connectivity index (χ1) is 10.5. The molecule has 6 heteroatoms. The van der Waals surface area contributed by atoms with Gasteiger partial charge in [-0.1, -0.05) is 0 Å². The Kier molecular flexibility index (Phi) is 4.43. The standard InChI is InChI=1S/C16H22F3N3/c1-22-11-2-3-12(22)5-10(4-11)16(21-20)7-9-6-14(18)15(19)8-13(9)17/h6,8,10-12,16,21H,2-5,7,20H2,1H3. The van der Waals surface area contributed by atoms with Crippen LogP contribution in [0.3, 0.4) is 0 Å². The number of rotatable bonds is 4. The summed E-state index contributed by atoms with van der Waals surface area (Å²) in [5.41, 5.74) is 2.94. The van der Waals surface area contributed by atoms with Crippen LogP contribution in [0.5, 0.6) is 0 Å². The minimum atomic E-state index is -1.16. The first kappa shape index (κ1) is 15.8. The van der Waals surface area contributed by atoms with Crippen molar-refractivity contribution in [2.24, 2.45) is 11.8 Å². The van der Waals surface area contributed by atoms with E-state index in [1.165, 1.54) is 12.8 Å². The molecule has 0 radical (unpaired) electrons. The van der Waals surface area contributed by atoms with Crippen LogP contribution in [0.15, 0.2) is 12.1 Å². The number of benzene rings is 1. The molecule has 2 aliphatic heterocycles. The van der Waals surface area contributed by atoms with Crippen molar-refractivity contribution < 1.29 is 13.2 Å². The van der Waals surface area contributed by atoms with E-state index in [0.29, 0.717) is 24.1 Å². The lowest BCUT2D eigenvalue weighted by molar-refractivity contribution is 0.112. The number of fused-ring (bicyclic) bond motifs is 2. The number of halogens is 3. The predicted molar refractivity (Wildman–Crippen MR) is 78.4 cm³/mol. The summed E-state index contributed by atoms with van der Waals surface area (Å²) in [6.45, 7) is 0. The van der Waals surface area contributed by atoms with E-state index in [0.717, 1.165) is 18.9 Å². The number of hydrogen-bond acceptors (Lipinski definition) is 3. The quantitative estimate of drug-likeness (QED) is 0.509. The molecule has 0 aromatic heterocycles. The highest BCUT2D eigenvalue weighted by atomic mass is 19.2. The molecule has 22 heavy (non-hydrogen) atoms. The van der Waals surface area contributed by atoms with Crippen molar-refractivity contribution in [2.75, 3.05) is 7.05 Å². The largest absolute Gasteiger partial charge is 0.300 e.